The molecular weight excluding hydrogens is 272 g/mol. The van der Waals surface area contributed by atoms with Gasteiger partial charge in [0.2, 0.25) is 0 Å². The van der Waals surface area contributed by atoms with Gasteiger partial charge in [0.05, 0.1) is 5.41 Å². The van der Waals surface area contributed by atoms with Gasteiger partial charge in [-0.25, -0.2) is 0 Å². The summed E-state index contributed by atoms with van der Waals surface area (Å²) < 4.78 is 6.03. The normalized spacial score (nSPS) is 22.0. The van der Waals surface area contributed by atoms with Gasteiger partial charge < -0.3 is 9.84 Å². The monoisotopic (exact) mass is 292 g/mol. The quantitative estimate of drug-likeness (QED) is 0.923. The fourth-order valence-corrected chi connectivity index (χ4v) is 3.74. The molecule has 20 heavy (non-hydrogen) atoms. The zero-order valence-electron chi connectivity index (χ0n) is 11.5. The molecule has 0 spiro atoms. The maximum absolute atomic E-state index is 11.9. The summed E-state index contributed by atoms with van der Waals surface area (Å²) in [4.78, 5) is 11.9. The molecule has 2 fully saturated rings. The van der Waals surface area contributed by atoms with E-state index < -0.39 is 11.4 Å². The van der Waals surface area contributed by atoms with Crippen molar-refractivity contribution in [1.82, 2.24) is 0 Å². The molecule has 0 bridgehead atoms. The number of para-hydroxylation sites is 1. The molecule has 3 rings (SSSR count). The molecule has 1 saturated heterocycles. The lowest BCUT2D eigenvalue weighted by Crippen LogP contribution is -2.39. The molecule has 2 aliphatic rings. The van der Waals surface area contributed by atoms with Gasteiger partial charge in [-0.05, 0) is 18.9 Å². The van der Waals surface area contributed by atoms with Crippen molar-refractivity contribution in [3.05, 3.63) is 29.8 Å². The van der Waals surface area contributed by atoms with Gasteiger partial charge in [-0.3, -0.25) is 4.79 Å². The van der Waals surface area contributed by atoms with E-state index in [1.807, 2.05) is 36.0 Å². The SMILES string of the molecule is O=C(O)C1(c2ccccc2OC2CSC2)CCCCC1. The molecule has 108 valence electrons. The molecule has 3 nitrogen and oxygen atoms in total. The first-order chi connectivity index (χ1) is 9.72. The van der Waals surface area contributed by atoms with Crippen LogP contribution in [-0.2, 0) is 10.2 Å². The predicted octanol–water partition coefficient (Wildman–Crippen LogP) is 3.47. The van der Waals surface area contributed by atoms with Gasteiger partial charge >= 0.3 is 5.97 Å². The summed E-state index contributed by atoms with van der Waals surface area (Å²) in [6, 6.07) is 7.73. The Bertz CT molecular complexity index is 490. The Balaban J connectivity index is 1.95. The van der Waals surface area contributed by atoms with Crippen LogP contribution in [0.25, 0.3) is 0 Å². The van der Waals surface area contributed by atoms with Crippen molar-refractivity contribution in [2.45, 2.75) is 43.6 Å². The van der Waals surface area contributed by atoms with E-state index in [2.05, 4.69) is 0 Å². The largest absolute Gasteiger partial charge is 0.488 e. The van der Waals surface area contributed by atoms with Crippen LogP contribution >= 0.6 is 11.8 Å². The summed E-state index contributed by atoms with van der Waals surface area (Å²) in [7, 11) is 0. The number of thioether (sulfide) groups is 1. The minimum Gasteiger partial charge on any atom is -0.488 e. The first kappa shape index (κ1) is 13.8. The van der Waals surface area contributed by atoms with Crippen molar-refractivity contribution in [1.29, 1.82) is 0 Å². The number of ether oxygens (including phenoxy) is 1. The number of rotatable bonds is 4. The van der Waals surface area contributed by atoms with Crippen LogP contribution in [0.4, 0.5) is 0 Å². The Morgan fingerprint density at radius 2 is 1.90 bits per heavy atom. The van der Waals surface area contributed by atoms with Crippen molar-refractivity contribution in [3.63, 3.8) is 0 Å². The summed E-state index contributed by atoms with van der Waals surface area (Å²) >= 11 is 1.87. The average Bonchev–Trinajstić information content (AvgIpc) is 2.44. The minimum atomic E-state index is -0.744. The number of carboxylic acid groups (broad SMARTS) is 1. The van der Waals surface area contributed by atoms with E-state index in [1.165, 1.54) is 0 Å². The molecule has 0 atom stereocenters. The summed E-state index contributed by atoms with van der Waals surface area (Å²) in [6.45, 7) is 0. The van der Waals surface area contributed by atoms with Crippen LogP contribution in [0.2, 0.25) is 0 Å². The molecule has 1 N–H and O–H groups in total. The average molecular weight is 292 g/mol. The van der Waals surface area contributed by atoms with Crippen molar-refractivity contribution >= 4 is 17.7 Å². The van der Waals surface area contributed by atoms with Crippen molar-refractivity contribution in [3.8, 4) is 5.75 Å². The summed E-state index contributed by atoms with van der Waals surface area (Å²) in [5.74, 6) is 2.10. The topological polar surface area (TPSA) is 46.5 Å². The van der Waals surface area contributed by atoms with Gasteiger partial charge in [0, 0.05) is 17.1 Å². The van der Waals surface area contributed by atoms with Gasteiger partial charge in [0.15, 0.2) is 0 Å². The zero-order valence-corrected chi connectivity index (χ0v) is 12.3. The second kappa shape index (κ2) is 5.68. The van der Waals surface area contributed by atoms with E-state index in [0.29, 0.717) is 0 Å². The highest BCUT2D eigenvalue weighted by atomic mass is 32.2. The maximum Gasteiger partial charge on any atom is 0.314 e. The molecule has 1 heterocycles. The van der Waals surface area contributed by atoms with Gasteiger partial charge in [-0.1, -0.05) is 37.5 Å². The molecular formula is C16H20O3S. The second-order valence-corrected chi connectivity index (χ2v) is 6.80. The fourth-order valence-electron chi connectivity index (χ4n) is 3.18. The lowest BCUT2D eigenvalue weighted by Gasteiger charge is -2.36. The molecule has 4 heteroatoms. The molecule has 1 aromatic carbocycles. The van der Waals surface area contributed by atoms with Crippen LogP contribution in [0.3, 0.4) is 0 Å². The van der Waals surface area contributed by atoms with Gasteiger partial charge in [-0.2, -0.15) is 11.8 Å². The van der Waals surface area contributed by atoms with Crippen LogP contribution < -0.4 is 4.74 Å². The Morgan fingerprint density at radius 1 is 1.20 bits per heavy atom. The van der Waals surface area contributed by atoms with Gasteiger partial charge in [0.25, 0.3) is 0 Å². The first-order valence-electron chi connectivity index (χ1n) is 7.30. The number of hydrogen-bond donors (Lipinski definition) is 1. The molecule has 1 aliphatic carbocycles. The molecule has 1 saturated carbocycles. The zero-order chi connectivity index (χ0) is 14.0. The summed E-state index contributed by atoms with van der Waals surface area (Å²) in [5, 5.41) is 9.81. The smallest absolute Gasteiger partial charge is 0.314 e. The third-order valence-corrected chi connectivity index (χ3v) is 5.64. The molecule has 1 aliphatic heterocycles. The fraction of sp³-hybridized carbons (Fsp3) is 0.562. The minimum absolute atomic E-state index is 0.246. The maximum atomic E-state index is 11.9. The van der Waals surface area contributed by atoms with Crippen LogP contribution in [0, 0.1) is 0 Å². The highest BCUT2D eigenvalue weighted by Gasteiger charge is 2.43. The van der Waals surface area contributed by atoms with Gasteiger partial charge in [-0.15, -0.1) is 0 Å². The number of carbonyl (C=O) groups is 1. The Kier molecular flexibility index (Phi) is 3.92. The Hall–Kier alpha value is -1.16. The first-order valence-corrected chi connectivity index (χ1v) is 8.45. The van der Waals surface area contributed by atoms with E-state index in [-0.39, 0.29) is 6.10 Å². The van der Waals surface area contributed by atoms with Crippen LogP contribution in [0.15, 0.2) is 24.3 Å². The number of benzene rings is 1. The number of hydrogen-bond acceptors (Lipinski definition) is 3. The molecule has 0 unspecified atom stereocenters. The molecule has 0 aromatic heterocycles. The van der Waals surface area contributed by atoms with Crippen molar-refractivity contribution in [2.24, 2.45) is 0 Å². The highest BCUT2D eigenvalue weighted by molar-refractivity contribution is 8.00. The Labute approximate surface area is 123 Å². The summed E-state index contributed by atoms with van der Waals surface area (Å²) in [5.41, 5.74) is 0.134. The molecule has 1 aromatic rings. The molecule has 0 radical (unpaired) electrons. The van der Waals surface area contributed by atoms with Gasteiger partial charge in [0.1, 0.15) is 11.9 Å². The third kappa shape index (κ3) is 2.41. The second-order valence-electron chi connectivity index (χ2n) is 5.72. The summed E-state index contributed by atoms with van der Waals surface area (Å²) in [6.07, 6.45) is 4.80. The lowest BCUT2D eigenvalue weighted by molar-refractivity contribution is -0.145. The third-order valence-electron chi connectivity index (χ3n) is 4.42. The number of carboxylic acids is 1. The van der Waals surface area contributed by atoms with E-state index in [9.17, 15) is 9.90 Å². The van der Waals surface area contributed by atoms with E-state index in [0.717, 1.165) is 54.9 Å². The van der Waals surface area contributed by atoms with Crippen LogP contribution in [-0.4, -0.2) is 28.7 Å². The van der Waals surface area contributed by atoms with Crippen LogP contribution in [0.5, 0.6) is 5.75 Å². The molecule has 0 amide bonds. The van der Waals surface area contributed by atoms with E-state index in [1.54, 1.807) is 0 Å². The van der Waals surface area contributed by atoms with Crippen LogP contribution in [0.1, 0.15) is 37.7 Å². The Morgan fingerprint density at radius 3 is 2.50 bits per heavy atom. The number of aliphatic carboxylic acids is 1. The van der Waals surface area contributed by atoms with Crippen molar-refractivity contribution < 1.29 is 14.6 Å². The van der Waals surface area contributed by atoms with E-state index in [4.69, 9.17) is 4.74 Å². The predicted molar refractivity (Wildman–Crippen MR) is 80.6 cm³/mol. The van der Waals surface area contributed by atoms with E-state index >= 15 is 0 Å². The highest BCUT2D eigenvalue weighted by Crippen LogP contribution is 2.44. The lowest BCUT2D eigenvalue weighted by atomic mass is 9.69. The van der Waals surface area contributed by atoms with Crippen molar-refractivity contribution in [2.75, 3.05) is 11.5 Å². The standard InChI is InChI=1S/C16H20O3S/c17-15(18)16(8-4-1-5-9-16)13-6-2-3-7-14(13)19-12-10-20-11-12/h2-3,6-7,12H,1,4-5,8-11H2,(H,17,18).